The summed E-state index contributed by atoms with van der Waals surface area (Å²) in [6.45, 7) is 5.38. The van der Waals surface area contributed by atoms with Crippen molar-refractivity contribution in [3.63, 3.8) is 0 Å². The highest BCUT2D eigenvalue weighted by Gasteiger charge is 2.21. The fourth-order valence-corrected chi connectivity index (χ4v) is 1.97. The van der Waals surface area contributed by atoms with Gasteiger partial charge in [0.05, 0.1) is 6.42 Å². The standard InChI is InChI=1S/C14H21BrN2O.ClH/c1-14(2,9-16)10-17(3)13(18)8-11-4-6-12(15)7-5-11;/h4-7H,8-10,16H2,1-3H3;1H. The molecule has 108 valence electrons. The van der Waals surface area contributed by atoms with Crippen LogP contribution < -0.4 is 5.73 Å². The summed E-state index contributed by atoms with van der Waals surface area (Å²) in [6.07, 6.45) is 0.435. The van der Waals surface area contributed by atoms with Crippen LogP contribution in [0.3, 0.4) is 0 Å². The first-order valence-electron chi connectivity index (χ1n) is 6.02. The number of rotatable bonds is 5. The Balaban J connectivity index is 0.00000324. The second-order valence-corrected chi connectivity index (χ2v) is 6.34. The zero-order valence-electron chi connectivity index (χ0n) is 11.6. The molecule has 0 spiro atoms. The summed E-state index contributed by atoms with van der Waals surface area (Å²) >= 11 is 3.38. The molecule has 2 N–H and O–H groups in total. The number of carbonyl (C=O) groups is 1. The highest BCUT2D eigenvalue weighted by molar-refractivity contribution is 9.10. The largest absolute Gasteiger partial charge is 0.345 e. The number of likely N-dealkylation sites (N-methyl/N-ethyl adjacent to an activating group) is 1. The van der Waals surface area contributed by atoms with E-state index in [1.807, 2.05) is 31.3 Å². The van der Waals surface area contributed by atoms with E-state index < -0.39 is 0 Å². The van der Waals surface area contributed by atoms with Gasteiger partial charge in [-0.1, -0.05) is 41.9 Å². The minimum absolute atomic E-state index is 0. The molecule has 0 heterocycles. The fourth-order valence-electron chi connectivity index (χ4n) is 1.71. The molecule has 0 saturated heterocycles. The molecule has 0 radical (unpaired) electrons. The molecular weight excluding hydrogens is 328 g/mol. The van der Waals surface area contributed by atoms with Gasteiger partial charge in [0.25, 0.3) is 0 Å². The number of nitrogens with zero attached hydrogens (tertiary/aromatic N) is 1. The smallest absolute Gasteiger partial charge is 0.226 e. The molecule has 0 bridgehead atoms. The maximum absolute atomic E-state index is 12.1. The molecule has 0 aliphatic rings. The predicted octanol–water partition coefficient (Wildman–Crippen LogP) is 2.86. The van der Waals surface area contributed by atoms with Crippen LogP contribution >= 0.6 is 28.3 Å². The van der Waals surface area contributed by atoms with Crippen LogP contribution in [0.15, 0.2) is 28.7 Å². The van der Waals surface area contributed by atoms with E-state index in [2.05, 4.69) is 29.8 Å². The van der Waals surface area contributed by atoms with Crippen molar-refractivity contribution < 1.29 is 4.79 Å². The Hall–Kier alpha value is -0.580. The molecule has 1 amide bonds. The minimum Gasteiger partial charge on any atom is -0.345 e. The van der Waals surface area contributed by atoms with Gasteiger partial charge < -0.3 is 10.6 Å². The lowest BCUT2D eigenvalue weighted by Crippen LogP contribution is -2.40. The number of hydrogen-bond acceptors (Lipinski definition) is 2. The van der Waals surface area contributed by atoms with Gasteiger partial charge in [0.1, 0.15) is 0 Å². The van der Waals surface area contributed by atoms with E-state index in [0.29, 0.717) is 19.5 Å². The minimum atomic E-state index is -0.0376. The van der Waals surface area contributed by atoms with Gasteiger partial charge in [0.2, 0.25) is 5.91 Å². The molecule has 0 saturated carbocycles. The van der Waals surface area contributed by atoms with E-state index in [9.17, 15) is 4.79 Å². The van der Waals surface area contributed by atoms with E-state index >= 15 is 0 Å². The van der Waals surface area contributed by atoms with Crippen LogP contribution in [-0.2, 0) is 11.2 Å². The van der Waals surface area contributed by atoms with E-state index in [-0.39, 0.29) is 23.7 Å². The first kappa shape index (κ1) is 18.4. The summed E-state index contributed by atoms with van der Waals surface area (Å²) < 4.78 is 1.02. The molecule has 0 fully saturated rings. The van der Waals surface area contributed by atoms with Crippen LogP contribution in [0.25, 0.3) is 0 Å². The molecule has 3 nitrogen and oxygen atoms in total. The summed E-state index contributed by atoms with van der Waals surface area (Å²) in [5.74, 6) is 0.124. The lowest BCUT2D eigenvalue weighted by molar-refractivity contribution is -0.130. The Morgan fingerprint density at radius 3 is 2.32 bits per heavy atom. The van der Waals surface area contributed by atoms with Crippen molar-refractivity contribution in [1.82, 2.24) is 4.90 Å². The molecular formula is C14H22BrClN2O. The quantitative estimate of drug-likeness (QED) is 0.888. The highest BCUT2D eigenvalue weighted by atomic mass is 79.9. The molecule has 0 aliphatic heterocycles. The molecule has 1 aromatic carbocycles. The molecule has 0 aliphatic carbocycles. The van der Waals surface area contributed by atoms with Gasteiger partial charge in [0, 0.05) is 18.1 Å². The van der Waals surface area contributed by atoms with Crippen LogP contribution in [0.5, 0.6) is 0 Å². The van der Waals surface area contributed by atoms with E-state index in [0.717, 1.165) is 10.0 Å². The molecule has 0 atom stereocenters. The average molecular weight is 350 g/mol. The van der Waals surface area contributed by atoms with Gasteiger partial charge in [-0.05, 0) is 29.7 Å². The lowest BCUT2D eigenvalue weighted by atomic mass is 9.93. The SMILES string of the molecule is CN(CC(C)(C)CN)C(=O)Cc1ccc(Br)cc1.Cl. The predicted molar refractivity (Wildman–Crippen MR) is 85.6 cm³/mol. The summed E-state index contributed by atoms with van der Waals surface area (Å²) in [4.78, 5) is 13.8. The van der Waals surface area contributed by atoms with Crippen molar-refractivity contribution in [1.29, 1.82) is 0 Å². The number of amides is 1. The second-order valence-electron chi connectivity index (χ2n) is 5.42. The van der Waals surface area contributed by atoms with Crippen molar-refractivity contribution >= 4 is 34.2 Å². The second kappa shape index (κ2) is 7.88. The highest BCUT2D eigenvalue weighted by Crippen LogP contribution is 2.15. The zero-order chi connectivity index (χ0) is 13.8. The maximum Gasteiger partial charge on any atom is 0.226 e. The number of nitrogens with two attached hydrogens (primary N) is 1. The summed E-state index contributed by atoms with van der Waals surface area (Å²) in [7, 11) is 1.83. The molecule has 0 unspecified atom stereocenters. The summed E-state index contributed by atoms with van der Waals surface area (Å²) in [5.41, 5.74) is 6.67. The van der Waals surface area contributed by atoms with Crippen LogP contribution in [0.1, 0.15) is 19.4 Å². The van der Waals surface area contributed by atoms with Gasteiger partial charge in [-0.2, -0.15) is 0 Å². The molecule has 19 heavy (non-hydrogen) atoms. The number of carbonyl (C=O) groups excluding carboxylic acids is 1. The van der Waals surface area contributed by atoms with Crippen molar-refractivity contribution in [3.05, 3.63) is 34.3 Å². The van der Waals surface area contributed by atoms with Crippen LogP contribution in [0, 0.1) is 5.41 Å². The lowest BCUT2D eigenvalue weighted by Gasteiger charge is -2.29. The Morgan fingerprint density at radius 2 is 1.84 bits per heavy atom. The third-order valence-electron chi connectivity index (χ3n) is 2.91. The van der Waals surface area contributed by atoms with Gasteiger partial charge in [-0.3, -0.25) is 4.79 Å². The summed E-state index contributed by atoms with van der Waals surface area (Å²) in [6, 6.07) is 7.83. The normalized spacial score (nSPS) is 10.8. The Kier molecular flexibility index (Phi) is 7.64. The molecule has 5 heteroatoms. The first-order chi connectivity index (χ1) is 8.34. The maximum atomic E-state index is 12.1. The first-order valence-corrected chi connectivity index (χ1v) is 6.82. The fraction of sp³-hybridized carbons (Fsp3) is 0.500. The Labute approximate surface area is 130 Å². The van der Waals surface area contributed by atoms with Gasteiger partial charge in [-0.15, -0.1) is 12.4 Å². The Bertz CT molecular complexity index is 406. The third-order valence-corrected chi connectivity index (χ3v) is 3.44. The third kappa shape index (κ3) is 6.41. The number of benzene rings is 1. The molecule has 1 rings (SSSR count). The van der Waals surface area contributed by atoms with E-state index in [4.69, 9.17) is 5.73 Å². The molecule has 0 aromatic heterocycles. The van der Waals surface area contributed by atoms with Crippen LogP contribution in [0.4, 0.5) is 0 Å². The number of hydrogen-bond donors (Lipinski definition) is 1. The number of halogens is 2. The van der Waals surface area contributed by atoms with Crippen molar-refractivity contribution in [3.8, 4) is 0 Å². The average Bonchev–Trinajstić information content (AvgIpc) is 2.31. The molecule has 1 aromatic rings. The van der Waals surface area contributed by atoms with E-state index in [1.54, 1.807) is 4.90 Å². The van der Waals surface area contributed by atoms with Crippen molar-refractivity contribution in [2.75, 3.05) is 20.1 Å². The van der Waals surface area contributed by atoms with Crippen LogP contribution in [0.2, 0.25) is 0 Å². The topological polar surface area (TPSA) is 46.3 Å². The van der Waals surface area contributed by atoms with E-state index in [1.165, 1.54) is 0 Å². The van der Waals surface area contributed by atoms with Crippen molar-refractivity contribution in [2.24, 2.45) is 11.1 Å². The zero-order valence-corrected chi connectivity index (χ0v) is 14.1. The van der Waals surface area contributed by atoms with Gasteiger partial charge in [-0.25, -0.2) is 0 Å². The van der Waals surface area contributed by atoms with Crippen LogP contribution in [-0.4, -0.2) is 30.9 Å². The van der Waals surface area contributed by atoms with Crippen molar-refractivity contribution in [2.45, 2.75) is 20.3 Å². The van der Waals surface area contributed by atoms with Gasteiger partial charge >= 0.3 is 0 Å². The monoisotopic (exact) mass is 348 g/mol. The summed E-state index contributed by atoms with van der Waals surface area (Å²) in [5, 5.41) is 0. The Morgan fingerprint density at radius 1 is 1.32 bits per heavy atom. The van der Waals surface area contributed by atoms with Gasteiger partial charge in [0.15, 0.2) is 0 Å².